The minimum atomic E-state index is 0.794. The molecule has 0 atom stereocenters. The van der Waals surface area contributed by atoms with Gasteiger partial charge in [0.05, 0.1) is 18.4 Å². The molecule has 8 nitrogen and oxygen atoms in total. The van der Waals surface area contributed by atoms with E-state index in [-0.39, 0.29) is 0 Å². The van der Waals surface area contributed by atoms with Crippen LogP contribution in [0.1, 0.15) is 11.1 Å². The molecule has 0 spiro atoms. The molecule has 1 fully saturated rings. The number of fused-ring (bicyclic) bond motifs is 1. The fourth-order valence-corrected chi connectivity index (χ4v) is 4.86. The van der Waals surface area contributed by atoms with Crippen LogP contribution in [0.15, 0.2) is 36.8 Å². The van der Waals surface area contributed by atoms with Crippen LogP contribution in [0, 0.1) is 13.8 Å². The standard InChI is InChI=1S/C26H34N8/c1-18-12-20(13-19(2)25(18)33-9-7-32(5)8-10-33)24-14-22-23(16-27-26(22)30-29-24)21-15-28-34(17-21)11-6-31(3)4/h12-17H,6-11H2,1-5H3,(H,27,30). The first kappa shape index (κ1) is 22.6. The summed E-state index contributed by atoms with van der Waals surface area (Å²) in [7, 11) is 6.34. The van der Waals surface area contributed by atoms with Crippen molar-refractivity contribution in [3.8, 4) is 22.4 Å². The zero-order valence-corrected chi connectivity index (χ0v) is 20.8. The van der Waals surface area contributed by atoms with Gasteiger partial charge < -0.3 is 19.7 Å². The van der Waals surface area contributed by atoms with Gasteiger partial charge in [-0.2, -0.15) is 5.10 Å². The van der Waals surface area contributed by atoms with Crippen molar-refractivity contribution in [1.29, 1.82) is 0 Å². The van der Waals surface area contributed by atoms with Crippen molar-refractivity contribution in [3.63, 3.8) is 0 Å². The van der Waals surface area contributed by atoms with E-state index in [1.54, 1.807) is 0 Å². The summed E-state index contributed by atoms with van der Waals surface area (Å²) >= 11 is 0. The van der Waals surface area contributed by atoms with Crippen molar-refractivity contribution < 1.29 is 0 Å². The van der Waals surface area contributed by atoms with Crippen molar-refractivity contribution in [2.45, 2.75) is 20.4 Å². The zero-order valence-electron chi connectivity index (χ0n) is 20.8. The largest absolute Gasteiger partial charge is 0.369 e. The molecule has 1 aromatic carbocycles. The first-order chi connectivity index (χ1) is 16.4. The number of hydrogen-bond donors (Lipinski definition) is 1. The molecule has 0 radical (unpaired) electrons. The van der Waals surface area contributed by atoms with E-state index in [1.165, 1.54) is 16.8 Å². The van der Waals surface area contributed by atoms with Crippen LogP contribution in [0.5, 0.6) is 0 Å². The van der Waals surface area contributed by atoms with Crippen LogP contribution in [-0.4, -0.2) is 88.6 Å². The lowest BCUT2D eigenvalue weighted by Crippen LogP contribution is -2.45. The lowest BCUT2D eigenvalue weighted by molar-refractivity contribution is 0.312. The number of aryl methyl sites for hydroxylation is 2. The number of H-pyrrole nitrogens is 1. The molecule has 8 heteroatoms. The second kappa shape index (κ2) is 9.19. The van der Waals surface area contributed by atoms with Gasteiger partial charge in [-0.05, 0) is 64.3 Å². The molecule has 1 aliphatic heterocycles. The third-order valence-corrected chi connectivity index (χ3v) is 6.76. The Hall–Kier alpha value is -3.23. The lowest BCUT2D eigenvalue weighted by atomic mass is 10.00. The van der Waals surface area contributed by atoms with E-state index in [0.29, 0.717) is 0 Å². The van der Waals surface area contributed by atoms with Gasteiger partial charge in [0.2, 0.25) is 0 Å². The summed E-state index contributed by atoms with van der Waals surface area (Å²) in [6.45, 7) is 10.6. The topological polar surface area (TPSA) is 69.1 Å². The van der Waals surface area contributed by atoms with Crippen molar-refractivity contribution in [2.75, 3.05) is 58.8 Å². The smallest absolute Gasteiger partial charge is 0.160 e. The van der Waals surface area contributed by atoms with Crippen molar-refractivity contribution >= 4 is 16.7 Å². The minimum Gasteiger partial charge on any atom is -0.369 e. The Bertz CT molecular complexity index is 1270. The molecular formula is C26H34N8. The van der Waals surface area contributed by atoms with Crippen molar-refractivity contribution in [2.24, 2.45) is 0 Å². The van der Waals surface area contributed by atoms with E-state index in [4.69, 9.17) is 0 Å². The van der Waals surface area contributed by atoms with Gasteiger partial charge >= 0.3 is 0 Å². The molecule has 1 aliphatic rings. The molecule has 0 bridgehead atoms. The van der Waals surface area contributed by atoms with Gasteiger partial charge in [0.15, 0.2) is 5.65 Å². The van der Waals surface area contributed by atoms with Gasteiger partial charge in [-0.25, -0.2) is 0 Å². The number of nitrogens with one attached hydrogen (secondary N) is 1. The molecule has 0 unspecified atom stereocenters. The normalized spacial score (nSPS) is 15.1. The molecule has 3 aromatic heterocycles. The van der Waals surface area contributed by atoms with Crippen molar-refractivity contribution in [3.05, 3.63) is 47.9 Å². The Morgan fingerprint density at radius 3 is 2.41 bits per heavy atom. The van der Waals surface area contributed by atoms with Gasteiger partial charge in [-0.3, -0.25) is 4.68 Å². The highest BCUT2D eigenvalue weighted by Gasteiger charge is 2.19. The lowest BCUT2D eigenvalue weighted by Gasteiger charge is -2.36. The molecule has 34 heavy (non-hydrogen) atoms. The Balaban J connectivity index is 1.46. The molecule has 1 N–H and O–H groups in total. The third kappa shape index (κ3) is 4.43. The molecular weight excluding hydrogens is 424 g/mol. The summed E-state index contributed by atoms with van der Waals surface area (Å²) in [5.41, 5.74) is 8.92. The molecule has 0 aliphatic carbocycles. The Morgan fingerprint density at radius 1 is 0.971 bits per heavy atom. The highest BCUT2D eigenvalue weighted by Crippen LogP contribution is 2.33. The molecule has 0 amide bonds. The average molecular weight is 459 g/mol. The van der Waals surface area contributed by atoms with Gasteiger partial charge in [0.1, 0.15) is 0 Å². The maximum Gasteiger partial charge on any atom is 0.160 e. The Kier molecular flexibility index (Phi) is 6.10. The monoisotopic (exact) mass is 458 g/mol. The Labute approximate surface area is 201 Å². The SMILES string of the molecule is Cc1cc(-c2cc3c(-c4cnn(CCN(C)C)c4)c[nH]c3nn2)cc(C)c1N1CCN(C)CC1. The number of benzene rings is 1. The number of hydrogen-bond acceptors (Lipinski definition) is 6. The average Bonchev–Trinajstić information content (AvgIpc) is 3.44. The quantitative estimate of drug-likeness (QED) is 0.478. The molecule has 0 saturated carbocycles. The maximum absolute atomic E-state index is 4.55. The van der Waals surface area contributed by atoms with E-state index < -0.39 is 0 Å². The first-order valence-electron chi connectivity index (χ1n) is 12.0. The van der Waals surface area contributed by atoms with E-state index in [1.807, 2.05) is 17.1 Å². The number of aromatic nitrogens is 5. The van der Waals surface area contributed by atoms with Gasteiger partial charge in [-0.15, -0.1) is 10.2 Å². The number of nitrogens with zero attached hydrogens (tertiary/aromatic N) is 7. The van der Waals surface area contributed by atoms with Crippen molar-refractivity contribution in [1.82, 2.24) is 34.8 Å². The third-order valence-electron chi connectivity index (χ3n) is 6.76. The van der Waals surface area contributed by atoms with Crippen LogP contribution in [0.2, 0.25) is 0 Å². The number of anilines is 1. The number of rotatable bonds is 6. The highest BCUT2D eigenvalue weighted by molar-refractivity contribution is 5.95. The first-order valence-corrected chi connectivity index (χ1v) is 12.0. The number of piperazine rings is 1. The van der Waals surface area contributed by atoms with Gasteiger partial charge in [-0.1, -0.05) is 0 Å². The summed E-state index contributed by atoms with van der Waals surface area (Å²) in [6, 6.07) is 6.65. The summed E-state index contributed by atoms with van der Waals surface area (Å²) in [6.07, 6.45) is 6.03. The molecule has 5 rings (SSSR count). The van der Waals surface area contributed by atoms with Crippen LogP contribution < -0.4 is 4.90 Å². The van der Waals surface area contributed by atoms with Crippen LogP contribution in [0.3, 0.4) is 0 Å². The molecule has 4 heterocycles. The molecule has 178 valence electrons. The number of aromatic amines is 1. The second-order valence-electron chi connectivity index (χ2n) is 9.74. The summed E-state index contributed by atoms with van der Waals surface area (Å²) in [5, 5.41) is 14.7. The predicted octanol–water partition coefficient (Wildman–Crippen LogP) is 3.42. The fraction of sp³-hybridized carbons (Fsp3) is 0.423. The van der Waals surface area contributed by atoms with Crippen LogP contribution in [-0.2, 0) is 6.54 Å². The number of likely N-dealkylation sites (N-methyl/N-ethyl adjacent to an activating group) is 2. The maximum atomic E-state index is 4.55. The molecule has 4 aromatic rings. The Morgan fingerprint density at radius 2 is 1.71 bits per heavy atom. The van der Waals surface area contributed by atoms with E-state index in [0.717, 1.165) is 72.7 Å². The zero-order chi connectivity index (χ0) is 23.8. The summed E-state index contributed by atoms with van der Waals surface area (Å²) < 4.78 is 1.99. The molecule has 1 saturated heterocycles. The van der Waals surface area contributed by atoms with E-state index in [9.17, 15) is 0 Å². The summed E-state index contributed by atoms with van der Waals surface area (Å²) in [5.74, 6) is 0. The summed E-state index contributed by atoms with van der Waals surface area (Å²) in [4.78, 5) is 10.3. The van der Waals surface area contributed by atoms with Crippen LogP contribution >= 0.6 is 0 Å². The van der Waals surface area contributed by atoms with E-state index in [2.05, 4.69) is 94.4 Å². The second-order valence-corrected chi connectivity index (χ2v) is 9.74. The van der Waals surface area contributed by atoms with Crippen LogP contribution in [0.4, 0.5) is 5.69 Å². The minimum absolute atomic E-state index is 0.794. The fourth-order valence-electron chi connectivity index (χ4n) is 4.86. The highest BCUT2D eigenvalue weighted by atomic mass is 15.3. The van der Waals surface area contributed by atoms with Gasteiger partial charge in [0, 0.05) is 72.9 Å². The van der Waals surface area contributed by atoms with Crippen LogP contribution in [0.25, 0.3) is 33.4 Å². The van der Waals surface area contributed by atoms with E-state index >= 15 is 0 Å². The predicted molar refractivity (Wildman–Crippen MR) is 138 cm³/mol. The van der Waals surface area contributed by atoms with Gasteiger partial charge in [0.25, 0.3) is 0 Å².